The Morgan fingerprint density at radius 2 is 1.88 bits per heavy atom. The molecular formula is C17H18N2O5. The second kappa shape index (κ2) is 6.37. The third-order valence-corrected chi connectivity index (χ3v) is 4.23. The van der Waals surface area contributed by atoms with E-state index >= 15 is 0 Å². The van der Waals surface area contributed by atoms with E-state index in [0.29, 0.717) is 23.6 Å². The van der Waals surface area contributed by atoms with Crippen molar-refractivity contribution in [3.63, 3.8) is 0 Å². The number of rotatable bonds is 4. The van der Waals surface area contributed by atoms with Crippen molar-refractivity contribution in [1.29, 1.82) is 0 Å². The summed E-state index contributed by atoms with van der Waals surface area (Å²) >= 11 is 0. The summed E-state index contributed by atoms with van der Waals surface area (Å²) in [6, 6.07) is 7.45. The number of fused-ring (bicyclic) bond motifs is 1. The molecule has 0 fully saturated rings. The van der Waals surface area contributed by atoms with Crippen molar-refractivity contribution >= 4 is 5.69 Å². The lowest BCUT2D eigenvalue weighted by atomic mass is 9.88. The Labute approximate surface area is 139 Å². The van der Waals surface area contributed by atoms with Crippen molar-refractivity contribution in [2.75, 3.05) is 20.8 Å². The van der Waals surface area contributed by atoms with Gasteiger partial charge in [-0.15, -0.1) is 0 Å². The molecule has 2 aromatic rings. The number of hydrogen-bond acceptors (Lipinski definition) is 6. The Morgan fingerprint density at radius 1 is 1.17 bits per heavy atom. The van der Waals surface area contributed by atoms with Gasteiger partial charge >= 0.3 is 0 Å². The van der Waals surface area contributed by atoms with Crippen molar-refractivity contribution < 1.29 is 19.5 Å². The Bertz CT molecular complexity index is 791. The molecule has 0 spiro atoms. The molecule has 0 bridgehead atoms. The number of hydrogen-bond donors (Lipinski definition) is 2. The van der Waals surface area contributed by atoms with Gasteiger partial charge in [0.2, 0.25) is 0 Å². The largest absolute Gasteiger partial charge is 0.508 e. The van der Waals surface area contributed by atoms with E-state index in [1.54, 1.807) is 14.2 Å². The lowest BCUT2D eigenvalue weighted by Gasteiger charge is -2.28. The molecule has 0 amide bonds. The van der Waals surface area contributed by atoms with Crippen molar-refractivity contribution in [2.45, 2.75) is 12.5 Å². The van der Waals surface area contributed by atoms with Crippen molar-refractivity contribution in [3.8, 4) is 17.2 Å². The van der Waals surface area contributed by atoms with Crippen LogP contribution in [0.1, 0.15) is 22.7 Å². The minimum Gasteiger partial charge on any atom is -0.508 e. The highest BCUT2D eigenvalue weighted by Gasteiger charge is 2.27. The average Bonchev–Trinajstić information content (AvgIpc) is 2.60. The highest BCUT2D eigenvalue weighted by Crippen LogP contribution is 2.40. The van der Waals surface area contributed by atoms with Crippen molar-refractivity contribution in [1.82, 2.24) is 5.32 Å². The summed E-state index contributed by atoms with van der Waals surface area (Å²) in [5, 5.41) is 24.6. The molecule has 0 saturated carbocycles. The zero-order valence-corrected chi connectivity index (χ0v) is 13.4. The number of phenols is 1. The van der Waals surface area contributed by atoms with E-state index in [2.05, 4.69) is 5.32 Å². The number of nitro benzene ring substituents is 1. The van der Waals surface area contributed by atoms with Gasteiger partial charge in [-0.2, -0.15) is 0 Å². The molecule has 0 radical (unpaired) electrons. The van der Waals surface area contributed by atoms with E-state index in [-0.39, 0.29) is 17.5 Å². The average molecular weight is 330 g/mol. The first-order valence-electron chi connectivity index (χ1n) is 7.50. The quantitative estimate of drug-likeness (QED) is 0.661. The predicted molar refractivity (Wildman–Crippen MR) is 87.9 cm³/mol. The van der Waals surface area contributed by atoms with E-state index in [9.17, 15) is 15.2 Å². The molecule has 0 aromatic heterocycles. The fourth-order valence-corrected chi connectivity index (χ4v) is 3.05. The molecule has 1 atom stereocenters. The van der Waals surface area contributed by atoms with Crippen LogP contribution >= 0.6 is 0 Å². The van der Waals surface area contributed by atoms with Crippen LogP contribution in [-0.2, 0) is 6.42 Å². The highest BCUT2D eigenvalue weighted by atomic mass is 16.6. The first-order chi connectivity index (χ1) is 11.5. The minimum atomic E-state index is -0.471. The zero-order valence-electron chi connectivity index (χ0n) is 13.4. The lowest BCUT2D eigenvalue weighted by molar-refractivity contribution is -0.385. The molecule has 126 valence electrons. The smallest absolute Gasteiger partial charge is 0.270 e. The number of methoxy groups -OCH3 is 2. The maximum Gasteiger partial charge on any atom is 0.270 e. The Hall–Kier alpha value is -2.80. The maximum atomic E-state index is 11.0. The molecule has 7 nitrogen and oxygen atoms in total. The molecule has 3 rings (SSSR count). The summed E-state index contributed by atoms with van der Waals surface area (Å²) in [5.41, 5.74) is 2.38. The minimum absolute atomic E-state index is 0.0146. The second-order valence-corrected chi connectivity index (χ2v) is 5.54. The lowest BCUT2D eigenvalue weighted by Crippen LogP contribution is -2.30. The van der Waals surface area contributed by atoms with Gasteiger partial charge in [-0.1, -0.05) is 0 Å². The first kappa shape index (κ1) is 16.1. The van der Waals surface area contributed by atoms with Crippen LogP contribution in [-0.4, -0.2) is 30.8 Å². The number of aromatic hydroxyl groups is 1. The molecule has 24 heavy (non-hydrogen) atoms. The monoisotopic (exact) mass is 330 g/mol. The van der Waals surface area contributed by atoms with E-state index in [1.165, 1.54) is 18.2 Å². The molecule has 1 aliphatic rings. The van der Waals surface area contributed by atoms with Crippen LogP contribution < -0.4 is 14.8 Å². The number of phenolic OH excluding ortho intramolecular Hbond substituents is 1. The van der Waals surface area contributed by atoms with Gasteiger partial charge in [0, 0.05) is 24.2 Å². The summed E-state index contributed by atoms with van der Waals surface area (Å²) in [7, 11) is 3.13. The number of non-ortho nitro benzene ring substituents is 1. The summed E-state index contributed by atoms with van der Waals surface area (Å²) in [4.78, 5) is 10.6. The molecule has 2 aromatic carbocycles. The molecular weight excluding hydrogens is 312 g/mol. The van der Waals surface area contributed by atoms with E-state index in [1.807, 2.05) is 12.1 Å². The fraction of sp³-hybridized carbons (Fsp3) is 0.294. The van der Waals surface area contributed by atoms with Gasteiger partial charge in [0.25, 0.3) is 5.69 Å². The van der Waals surface area contributed by atoms with Gasteiger partial charge < -0.3 is 19.9 Å². The van der Waals surface area contributed by atoms with Gasteiger partial charge in [-0.25, -0.2) is 0 Å². The molecule has 1 heterocycles. The fourth-order valence-electron chi connectivity index (χ4n) is 3.05. The molecule has 1 unspecified atom stereocenters. The summed E-state index contributed by atoms with van der Waals surface area (Å²) in [5.74, 6) is 1.23. The van der Waals surface area contributed by atoms with Crippen LogP contribution in [0, 0.1) is 10.1 Å². The molecule has 2 N–H and O–H groups in total. The number of nitro groups is 1. The highest BCUT2D eigenvalue weighted by molar-refractivity contribution is 5.54. The van der Waals surface area contributed by atoms with Crippen LogP contribution in [0.15, 0.2) is 30.3 Å². The number of nitrogens with one attached hydrogen (secondary N) is 1. The predicted octanol–water partition coefficient (Wildman–Crippen LogP) is 2.55. The van der Waals surface area contributed by atoms with Crippen LogP contribution in [0.2, 0.25) is 0 Å². The van der Waals surface area contributed by atoms with Gasteiger partial charge in [0.1, 0.15) is 5.75 Å². The topological polar surface area (TPSA) is 93.9 Å². The maximum absolute atomic E-state index is 11.0. The standard InChI is InChI=1S/C17H18N2O5/c1-23-15-7-10-5-6-18-17(12(10)9-16(15)24-2)13-8-11(19(21)22)3-4-14(13)20/h3-4,7-9,17-18,20H,5-6H2,1-2H3. The molecule has 0 saturated heterocycles. The Morgan fingerprint density at radius 3 is 2.54 bits per heavy atom. The third-order valence-electron chi connectivity index (χ3n) is 4.23. The van der Waals surface area contributed by atoms with Gasteiger partial charge in [-0.3, -0.25) is 10.1 Å². The summed E-state index contributed by atoms with van der Waals surface area (Å²) in [6.45, 7) is 0.690. The first-order valence-corrected chi connectivity index (χ1v) is 7.50. The Kier molecular flexibility index (Phi) is 4.26. The number of ether oxygens (including phenoxy) is 2. The van der Waals surface area contributed by atoms with Gasteiger partial charge in [0.05, 0.1) is 25.2 Å². The number of nitrogens with zero attached hydrogens (tertiary/aromatic N) is 1. The van der Waals surface area contributed by atoms with Crippen LogP contribution in [0.5, 0.6) is 17.2 Å². The number of benzene rings is 2. The van der Waals surface area contributed by atoms with Gasteiger partial charge in [-0.05, 0) is 35.7 Å². The Balaban J connectivity index is 2.13. The van der Waals surface area contributed by atoms with Crippen LogP contribution in [0.25, 0.3) is 0 Å². The van der Waals surface area contributed by atoms with E-state index < -0.39 is 4.92 Å². The molecule has 1 aliphatic heterocycles. The van der Waals surface area contributed by atoms with Crippen molar-refractivity contribution in [3.05, 3.63) is 57.1 Å². The molecule has 0 aliphatic carbocycles. The van der Waals surface area contributed by atoms with Crippen molar-refractivity contribution in [2.24, 2.45) is 0 Å². The summed E-state index contributed by atoms with van der Waals surface area (Å²) < 4.78 is 10.7. The normalized spacial score (nSPS) is 16.3. The third kappa shape index (κ3) is 2.74. The van der Waals surface area contributed by atoms with E-state index in [0.717, 1.165) is 17.5 Å². The van der Waals surface area contributed by atoms with E-state index in [4.69, 9.17) is 9.47 Å². The molecule has 7 heteroatoms. The summed E-state index contributed by atoms with van der Waals surface area (Å²) in [6.07, 6.45) is 0.794. The van der Waals surface area contributed by atoms with Gasteiger partial charge in [0.15, 0.2) is 11.5 Å². The zero-order chi connectivity index (χ0) is 17.3. The van der Waals surface area contributed by atoms with Crippen LogP contribution in [0.3, 0.4) is 0 Å². The van der Waals surface area contributed by atoms with Crippen LogP contribution in [0.4, 0.5) is 5.69 Å². The SMILES string of the molecule is COc1cc2c(cc1OC)C(c1cc([N+](=O)[O-])ccc1O)NCC2. The second-order valence-electron chi connectivity index (χ2n) is 5.54.